The van der Waals surface area contributed by atoms with Gasteiger partial charge in [-0.25, -0.2) is 0 Å². The molecule has 1 aromatic rings. The van der Waals surface area contributed by atoms with E-state index in [1.807, 2.05) is 0 Å². The van der Waals surface area contributed by atoms with Crippen LogP contribution in [-0.4, -0.2) is 74.9 Å². The average Bonchev–Trinajstić information content (AvgIpc) is 3.36. The first-order valence-electron chi connectivity index (χ1n) is 11.0. The first-order valence-corrected chi connectivity index (χ1v) is 11.0. The summed E-state index contributed by atoms with van der Waals surface area (Å²) in [5.74, 6) is 0.956. The minimum absolute atomic E-state index is 0.384. The minimum Gasteiger partial charge on any atom is -0.373 e. The lowest BCUT2D eigenvalue weighted by molar-refractivity contribution is 0.0992. The molecule has 0 aromatic heterocycles. The quantitative estimate of drug-likeness (QED) is 0.428. The van der Waals surface area contributed by atoms with E-state index in [2.05, 4.69) is 57.7 Å². The third-order valence-electron chi connectivity index (χ3n) is 6.17. The molecule has 2 bridgehead atoms. The maximum absolute atomic E-state index is 5.95. The summed E-state index contributed by atoms with van der Waals surface area (Å²) < 4.78 is 5.95. The summed E-state index contributed by atoms with van der Waals surface area (Å²) in [7, 11) is 0. The van der Waals surface area contributed by atoms with E-state index in [1.165, 1.54) is 18.5 Å². The van der Waals surface area contributed by atoms with Gasteiger partial charge in [0, 0.05) is 51.5 Å². The molecule has 154 valence electrons. The molecule has 0 radical (unpaired) electrons. The highest BCUT2D eigenvalue weighted by Crippen LogP contribution is 2.34. The molecule has 28 heavy (non-hydrogen) atoms. The van der Waals surface area contributed by atoms with Crippen LogP contribution >= 0.6 is 0 Å². The van der Waals surface area contributed by atoms with Gasteiger partial charge in [-0.3, -0.25) is 9.89 Å². The molecule has 1 aromatic carbocycles. The Labute approximate surface area is 169 Å². The molecule has 3 fully saturated rings. The molecule has 3 heterocycles. The summed E-state index contributed by atoms with van der Waals surface area (Å²) in [6.45, 7) is 9.52. The highest BCUT2D eigenvalue weighted by molar-refractivity contribution is 5.80. The molecular weight excluding hydrogens is 350 g/mol. The van der Waals surface area contributed by atoms with E-state index in [4.69, 9.17) is 9.73 Å². The summed E-state index contributed by atoms with van der Waals surface area (Å²) >= 11 is 0. The second-order valence-corrected chi connectivity index (χ2v) is 8.14. The number of hydrogen-bond donors (Lipinski definition) is 2. The van der Waals surface area contributed by atoms with Crippen LogP contribution in [0.15, 0.2) is 35.3 Å². The Bertz CT molecular complexity index is 629. The van der Waals surface area contributed by atoms with Gasteiger partial charge < -0.3 is 20.3 Å². The number of fused-ring (bicyclic) bond motifs is 2. The molecule has 0 spiro atoms. The Morgan fingerprint density at radius 1 is 1.14 bits per heavy atom. The molecule has 3 saturated heterocycles. The van der Waals surface area contributed by atoms with Gasteiger partial charge in [0.15, 0.2) is 5.96 Å². The number of anilines is 1. The average molecular weight is 386 g/mol. The smallest absolute Gasteiger partial charge is 0.191 e. The Balaban J connectivity index is 1.17. The molecule has 0 saturated carbocycles. The van der Waals surface area contributed by atoms with Crippen molar-refractivity contribution in [2.75, 3.05) is 50.7 Å². The van der Waals surface area contributed by atoms with Gasteiger partial charge in [0.25, 0.3) is 0 Å². The first kappa shape index (κ1) is 19.5. The fourth-order valence-corrected chi connectivity index (χ4v) is 4.64. The van der Waals surface area contributed by atoms with Crippen molar-refractivity contribution < 1.29 is 4.74 Å². The van der Waals surface area contributed by atoms with Crippen LogP contribution < -0.4 is 15.5 Å². The molecule has 0 amide bonds. The summed E-state index contributed by atoms with van der Waals surface area (Å²) in [5, 5.41) is 7.00. The number of rotatable bonds is 7. The highest BCUT2D eigenvalue weighted by Gasteiger charge is 2.41. The number of nitrogens with zero attached hydrogens (tertiary/aromatic N) is 3. The van der Waals surface area contributed by atoms with E-state index >= 15 is 0 Å². The van der Waals surface area contributed by atoms with Crippen molar-refractivity contribution in [3.63, 3.8) is 0 Å². The zero-order valence-corrected chi connectivity index (χ0v) is 17.1. The Kier molecular flexibility index (Phi) is 6.70. The van der Waals surface area contributed by atoms with Crippen LogP contribution in [-0.2, 0) is 4.74 Å². The number of aliphatic imine (C=N–C) groups is 1. The number of guanidine groups is 1. The van der Waals surface area contributed by atoms with Crippen LogP contribution in [0.2, 0.25) is 0 Å². The number of para-hydroxylation sites is 1. The van der Waals surface area contributed by atoms with Crippen LogP contribution in [0.3, 0.4) is 0 Å². The molecule has 3 aliphatic rings. The van der Waals surface area contributed by atoms with E-state index in [0.717, 1.165) is 64.6 Å². The van der Waals surface area contributed by atoms with Gasteiger partial charge >= 0.3 is 0 Å². The normalized spacial score (nSPS) is 28.0. The molecule has 6 nitrogen and oxygen atoms in total. The SMILES string of the molecule is CCNC(=NCCCN1CCN(c2ccccc2)CC1)NC1CC2CCC1O2. The van der Waals surface area contributed by atoms with E-state index in [9.17, 15) is 0 Å². The van der Waals surface area contributed by atoms with Crippen LogP contribution in [0.25, 0.3) is 0 Å². The number of hydrogen-bond acceptors (Lipinski definition) is 4. The van der Waals surface area contributed by atoms with Gasteiger partial charge in [-0.2, -0.15) is 0 Å². The van der Waals surface area contributed by atoms with Gasteiger partial charge in [-0.1, -0.05) is 18.2 Å². The Morgan fingerprint density at radius 3 is 2.64 bits per heavy atom. The molecule has 2 N–H and O–H groups in total. The number of benzene rings is 1. The number of nitrogens with one attached hydrogen (secondary N) is 2. The molecule has 6 heteroatoms. The third-order valence-corrected chi connectivity index (χ3v) is 6.17. The molecule has 3 aliphatic heterocycles. The van der Waals surface area contributed by atoms with Crippen molar-refractivity contribution in [2.45, 2.75) is 50.9 Å². The van der Waals surface area contributed by atoms with Crippen molar-refractivity contribution in [1.29, 1.82) is 0 Å². The fourth-order valence-electron chi connectivity index (χ4n) is 4.64. The highest BCUT2D eigenvalue weighted by atomic mass is 16.5. The molecular formula is C22H35N5O. The zero-order valence-electron chi connectivity index (χ0n) is 17.1. The van der Waals surface area contributed by atoms with Crippen LogP contribution in [0.1, 0.15) is 32.6 Å². The lowest BCUT2D eigenvalue weighted by atomic mass is 9.96. The maximum atomic E-state index is 5.95. The summed E-state index contributed by atoms with van der Waals surface area (Å²) in [5.41, 5.74) is 1.35. The summed E-state index contributed by atoms with van der Waals surface area (Å²) in [6.07, 6.45) is 5.51. The standard InChI is InChI=1S/C22H35N5O/c1-2-23-22(25-20-17-19-9-10-21(20)28-19)24-11-6-12-26-13-15-27(16-14-26)18-7-4-3-5-8-18/h3-5,7-8,19-21H,2,6,9-17H2,1H3,(H2,23,24,25). The Hall–Kier alpha value is -1.79. The van der Waals surface area contributed by atoms with Crippen LogP contribution in [0.5, 0.6) is 0 Å². The van der Waals surface area contributed by atoms with Crippen molar-refractivity contribution in [2.24, 2.45) is 4.99 Å². The fraction of sp³-hybridized carbons (Fsp3) is 0.682. The molecule has 3 unspecified atom stereocenters. The summed E-state index contributed by atoms with van der Waals surface area (Å²) in [6, 6.07) is 11.2. The Morgan fingerprint density at radius 2 is 1.96 bits per heavy atom. The van der Waals surface area contributed by atoms with Crippen molar-refractivity contribution in [3.05, 3.63) is 30.3 Å². The predicted molar refractivity (Wildman–Crippen MR) is 115 cm³/mol. The lowest BCUT2D eigenvalue weighted by Crippen LogP contribution is -2.47. The summed E-state index contributed by atoms with van der Waals surface area (Å²) in [4.78, 5) is 9.86. The van der Waals surface area contributed by atoms with E-state index in [-0.39, 0.29) is 0 Å². The van der Waals surface area contributed by atoms with E-state index in [0.29, 0.717) is 18.2 Å². The van der Waals surface area contributed by atoms with Crippen LogP contribution in [0.4, 0.5) is 5.69 Å². The van der Waals surface area contributed by atoms with Crippen molar-refractivity contribution in [1.82, 2.24) is 15.5 Å². The number of piperazine rings is 1. The zero-order chi connectivity index (χ0) is 19.2. The maximum Gasteiger partial charge on any atom is 0.191 e. The predicted octanol–water partition coefficient (Wildman–Crippen LogP) is 2.07. The second-order valence-electron chi connectivity index (χ2n) is 8.14. The van der Waals surface area contributed by atoms with Crippen LogP contribution in [0, 0.1) is 0 Å². The second kappa shape index (κ2) is 9.61. The molecule has 4 rings (SSSR count). The molecule has 0 aliphatic carbocycles. The van der Waals surface area contributed by atoms with Crippen molar-refractivity contribution in [3.8, 4) is 0 Å². The van der Waals surface area contributed by atoms with E-state index in [1.54, 1.807) is 0 Å². The topological polar surface area (TPSA) is 52.1 Å². The largest absolute Gasteiger partial charge is 0.373 e. The van der Waals surface area contributed by atoms with Gasteiger partial charge in [0.1, 0.15) is 0 Å². The van der Waals surface area contributed by atoms with Gasteiger partial charge in [-0.15, -0.1) is 0 Å². The van der Waals surface area contributed by atoms with Gasteiger partial charge in [0.2, 0.25) is 0 Å². The van der Waals surface area contributed by atoms with E-state index < -0.39 is 0 Å². The van der Waals surface area contributed by atoms with Crippen molar-refractivity contribution >= 4 is 11.6 Å². The monoisotopic (exact) mass is 385 g/mol. The minimum atomic E-state index is 0.384. The first-order chi connectivity index (χ1) is 13.8. The molecule has 3 atom stereocenters. The third kappa shape index (κ3) is 4.97. The van der Waals surface area contributed by atoms with Gasteiger partial charge in [-0.05, 0) is 44.7 Å². The number of ether oxygens (including phenoxy) is 1. The lowest BCUT2D eigenvalue weighted by Gasteiger charge is -2.36. The van der Waals surface area contributed by atoms with Gasteiger partial charge in [0.05, 0.1) is 18.2 Å².